The number of hydrogen-bond donors (Lipinski definition) is 0. The van der Waals surface area contributed by atoms with Gasteiger partial charge in [0, 0.05) is 12.5 Å². The first-order valence-electron chi connectivity index (χ1n) is 6.42. The number of halogens is 1. The van der Waals surface area contributed by atoms with Gasteiger partial charge in [0.2, 0.25) is 0 Å². The van der Waals surface area contributed by atoms with E-state index in [1.165, 1.54) is 6.20 Å². The minimum absolute atomic E-state index is 0.0468. The quantitative estimate of drug-likeness (QED) is 0.792. The third kappa shape index (κ3) is 3.02. The first kappa shape index (κ1) is 14.6. The molecule has 20 heavy (non-hydrogen) atoms. The number of ether oxygens (including phenoxy) is 1. The Morgan fingerprint density at radius 1 is 1.45 bits per heavy atom. The molecule has 0 bridgehead atoms. The van der Waals surface area contributed by atoms with E-state index in [1.54, 1.807) is 11.8 Å². The van der Waals surface area contributed by atoms with Crippen LogP contribution in [0.3, 0.4) is 0 Å². The van der Waals surface area contributed by atoms with Crippen LogP contribution >= 0.6 is 11.6 Å². The van der Waals surface area contributed by atoms with E-state index in [-0.39, 0.29) is 18.2 Å². The number of methoxy groups -OCH3 is 1. The maximum absolute atomic E-state index is 12.4. The summed E-state index contributed by atoms with van der Waals surface area (Å²) in [5, 5.41) is 4.55. The average molecular weight is 293 g/mol. The summed E-state index contributed by atoms with van der Waals surface area (Å²) in [5.41, 5.74) is 1.35. The summed E-state index contributed by atoms with van der Waals surface area (Å²) in [7, 11) is 1.60. The number of rotatable bonds is 5. The van der Waals surface area contributed by atoms with E-state index in [0.29, 0.717) is 10.7 Å². The highest BCUT2D eigenvalue weighted by Gasteiger charge is 2.19. The first-order valence-corrected chi connectivity index (χ1v) is 6.80. The second kappa shape index (κ2) is 6.09. The summed E-state index contributed by atoms with van der Waals surface area (Å²) in [6.07, 6.45) is 1.79. The molecule has 0 aliphatic heterocycles. The molecule has 0 radical (unpaired) electrons. The van der Waals surface area contributed by atoms with Gasteiger partial charge in [-0.3, -0.25) is 9.48 Å². The van der Waals surface area contributed by atoms with Crippen LogP contribution in [0.15, 0.2) is 30.5 Å². The lowest BCUT2D eigenvalue weighted by atomic mass is 10.1. The summed E-state index contributed by atoms with van der Waals surface area (Å²) in [6, 6.07) is 7.54. The summed E-state index contributed by atoms with van der Waals surface area (Å²) < 4.78 is 6.82. The minimum atomic E-state index is -0.0468. The number of carbonyl (C=O) groups is 1. The number of hydrogen-bond acceptors (Lipinski definition) is 3. The van der Waals surface area contributed by atoms with Crippen molar-refractivity contribution in [2.75, 3.05) is 7.11 Å². The van der Waals surface area contributed by atoms with E-state index in [2.05, 4.69) is 5.10 Å². The van der Waals surface area contributed by atoms with Crippen LogP contribution in [0, 0.1) is 0 Å². The lowest BCUT2D eigenvalue weighted by Gasteiger charge is -2.11. The second-order valence-electron chi connectivity index (χ2n) is 4.83. The average Bonchev–Trinajstić information content (AvgIpc) is 2.81. The molecular formula is C15H17ClN2O2. The van der Waals surface area contributed by atoms with Crippen molar-refractivity contribution < 1.29 is 9.53 Å². The minimum Gasteiger partial charge on any atom is -0.497 e. The van der Waals surface area contributed by atoms with Gasteiger partial charge in [-0.15, -0.1) is 0 Å². The molecule has 0 aliphatic rings. The van der Waals surface area contributed by atoms with Gasteiger partial charge in [-0.2, -0.15) is 5.10 Å². The summed E-state index contributed by atoms with van der Waals surface area (Å²) >= 11 is 6.08. The van der Waals surface area contributed by atoms with Gasteiger partial charge in [0.15, 0.2) is 5.78 Å². The van der Waals surface area contributed by atoms with Crippen LogP contribution in [0.2, 0.25) is 5.02 Å². The fourth-order valence-electron chi connectivity index (χ4n) is 2.05. The topological polar surface area (TPSA) is 44.1 Å². The molecule has 0 saturated heterocycles. The van der Waals surface area contributed by atoms with Crippen LogP contribution in [0.25, 0.3) is 0 Å². The van der Waals surface area contributed by atoms with Gasteiger partial charge in [0.1, 0.15) is 11.4 Å². The van der Waals surface area contributed by atoms with Crippen LogP contribution in [0.1, 0.15) is 35.9 Å². The fraction of sp³-hybridized carbons (Fsp3) is 0.333. The van der Waals surface area contributed by atoms with E-state index in [0.717, 1.165) is 11.3 Å². The standard InChI is InChI=1S/C15H17ClN2O2/c1-10(2)18-15(13(16)9-17-18)14(19)8-11-5-4-6-12(7-11)20-3/h4-7,9-10H,8H2,1-3H3. The fourth-order valence-corrected chi connectivity index (χ4v) is 2.28. The van der Waals surface area contributed by atoms with E-state index >= 15 is 0 Å². The smallest absolute Gasteiger partial charge is 0.186 e. The summed E-state index contributed by atoms with van der Waals surface area (Å²) in [6.45, 7) is 3.93. The van der Waals surface area contributed by atoms with Gasteiger partial charge in [-0.25, -0.2) is 0 Å². The number of carbonyl (C=O) groups excluding carboxylic acids is 1. The van der Waals surface area contributed by atoms with Crippen molar-refractivity contribution in [3.8, 4) is 5.75 Å². The number of ketones is 1. The van der Waals surface area contributed by atoms with Crippen LogP contribution < -0.4 is 4.74 Å². The van der Waals surface area contributed by atoms with Gasteiger partial charge in [-0.1, -0.05) is 23.7 Å². The summed E-state index contributed by atoms with van der Waals surface area (Å²) in [5.74, 6) is 0.688. The molecule has 0 spiro atoms. The lowest BCUT2D eigenvalue weighted by molar-refractivity contribution is 0.0981. The molecule has 0 saturated carbocycles. The SMILES string of the molecule is COc1cccc(CC(=O)c2c(Cl)cnn2C(C)C)c1. The molecule has 5 heteroatoms. The Kier molecular flexibility index (Phi) is 4.45. The molecule has 0 atom stereocenters. The van der Waals surface area contributed by atoms with Gasteiger partial charge >= 0.3 is 0 Å². The van der Waals surface area contributed by atoms with Crippen molar-refractivity contribution in [3.05, 3.63) is 46.7 Å². The third-order valence-electron chi connectivity index (χ3n) is 3.00. The monoisotopic (exact) mass is 292 g/mol. The molecule has 106 valence electrons. The molecule has 0 unspecified atom stereocenters. The molecule has 0 aliphatic carbocycles. The van der Waals surface area contributed by atoms with Crippen molar-refractivity contribution in [3.63, 3.8) is 0 Å². The van der Waals surface area contributed by atoms with Gasteiger partial charge in [0.25, 0.3) is 0 Å². The highest BCUT2D eigenvalue weighted by molar-refractivity contribution is 6.33. The molecule has 0 N–H and O–H groups in total. The molecule has 0 amide bonds. The molecule has 2 aromatic rings. The predicted molar refractivity (Wildman–Crippen MR) is 78.7 cm³/mol. The van der Waals surface area contributed by atoms with Crippen molar-refractivity contribution in [1.29, 1.82) is 0 Å². The molecule has 0 fully saturated rings. The van der Waals surface area contributed by atoms with Crippen molar-refractivity contribution in [2.45, 2.75) is 26.3 Å². The van der Waals surface area contributed by atoms with Gasteiger partial charge < -0.3 is 4.74 Å². The van der Waals surface area contributed by atoms with Crippen LogP contribution in [-0.4, -0.2) is 22.7 Å². The summed E-state index contributed by atoms with van der Waals surface area (Å²) in [4.78, 5) is 12.4. The molecule has 1 aromatic heterocycles. The highest BCUT2D eigenvalue weighted by Crippen LogP contribution is 2.22. The van der Waals surface area contributed by atoms with Crippen LogP contribution in [0.5, 0.6) is 5.75 Å². The Bertz CT molecular complexity index is 620. The van der Waals surface area contributed by atoms with E-state index in [1.807, 2.05) is 38.1 Å². The highest BCUT2D eigenvalue weighted by atomic mass is 35.5. The van der Waals surface area contributed by atoms with E-state index in [9.17, 15) is 4.79 Å². The van der Waals surface area contributed by atoms with Crippen LogP contribution in [-0.2, 0) is 6.42 Å². The lowest BCUT2D eigenvalue weighted by Crippen LogP contribution is -2.14. The maximum atomic E-state index is 12.4. The molecular weight excluding hydrogens is 276 g/mol. The Balaban J connectivity index is 2.26. The van der Waals surface area contributed by atoms with Gasteiger partial charge in [0.05, 0.1) is 18.3 Å². The van der Waals surface area contributed by atoms with Crippen molar-refractivity contribution in [2.24, 2.45) is 0 Å². The van der Waals surface area contributed by atoms with Crippen molar-refractivity contribution in [1.82, 2.24) is 9.78 Å². The number of benzene rings is 1. The molecule has 1 heterocycles. The first-order chi connectivity index (χ1) is 9.52. The third-order valence-corrected chi connectivity index (χ3v) is 3.28. The zero-order chi connectivity index (χ0) is 14.7. The van der Waals surface area contributed by atoms with E-state index < -0.39 is 0 Å². The maximum Gasteiger partial charge on any atom is 0.186 e. The molecule has 1 aromatic carbocycles. The Morgan fingerprint density at radius 3 is 2.85 bits per heavy atom. The molecule has 4 nitrogen and oxygen atoms in total. The normalized spacial score (nSPS) is 10.8. The predicted octanol–water partition coefficient (Wildman–Crippen LogP) is 3.55. The Labute approximate surface area is 123 Å². The van der Waals surface area contributed by atoms with Crippen molar-refractivity contribution >= 4 is 17.4 Å². The molecule has 2 rings (SSSR count). The number of Topliss-reactive ketones (excluding diaryl/α,β-unsaturated/α-hetero) is 1. The Hall–Kier alpha value is -1.81. The largest absolute Gasteiger partial charge is 0.497 e. The number of aromatic nitrogens is 2. The van der Waals surface area contributed by atoms with Gasteiger partial charge in [-0.05, 0) is 31.5 Å². The number of nitrogens with zero attached hydrogens (tertiary/aromatic N) is 2. The second-order valence-corrected chi connectivity index (χ2v) is 5.24. The van der Waals surface area contributed by atoms with E-state index in [4.69, 9.17) is 16.3 Å². The van der Waals surface area contributed by atoms with Crippen LogP contribution in [0.4, 0.5) is 0 Å². The zero-order valence-corrected chi connectivity index (χ0v) is 12.5. The Morgan fingerprint density at radius 2 is 2.20 bits per heavy atom. The zero-order valence-electron chi connectivity index (χ0n) is 11.8.